The molecular formula is C25H38N6O6. The van der Waals surface area contributed by atoms with Gasteiger partial charge in [0.05, 0.1) is 6.54 Å². The molecule has 1 saturated heterocycles. The molecule has 12 nitrogen and oxygen atoms in total. The van der Waals surface area contributed by atoms with Gasteiger partial charge in [-0.2, -0.15) is 0 Å². The first kappa shape index (κ1) is 29.6. The molecule has 0 saturated carbocycles. The first-order chi connectivity index (χ1) is 17.5. The average Bonchev–Trinajstić information content (AvgIpc) is 2.85. The van der Waals surface area contributed by atoms with Crippen LogP contribution in [0.3, 0.4) is 0 Å². The van der Waals surface area contributed by atoms with Gasteiger partial charge >= 0.3 is 0 Å². The van der Waals surface area contributed by atoms with E-state index < -0.39 is 53.7 Å². The van der Waals surface area contributed by atoms with Gasteiger partial charge in [-0.15, -0.1) is 0 Å². The Balaban J connectivity index is 2.39. The van der Waals surface area contributed by atoms with E-state index in [1.165, 1.54) is 19.1 Å². The molecular weight excluding hydrogens is 480 g/mol. The van der Waals surface area contributed by atoms with Crippen molar-refractivity contribution in [2.45, 2.75) is 70.6 Å². The van der Waals surface area contributed by atoms with E-state index in [1.807, 2.05) is 0 Å². The molecule has 1 heterocycles. The van der Waals surface area contributed by atoms with E-state index in [0.717, 1.165) is 0 Å². The van der Waals surface area contributed by atoms with Gasteiger partial charge in [-0.1, -0.05) is 26.0 Å². The predicted molar refractivity (Wildman–Crippen MR) is 136 cm³/mol. The minimum atomic E-state index is -1.08. The maximum atomic E-state index is 13.3. The number of hydrogen-bond donors (Lipinski definition) is 7. The average molecular weight is 519 g/mol. The highest BCUT2D eigenvalue weighted by molar-refractivity contribution is 5.97. The molecule has 1 aromatic carbocycles. The number of benzene rings is 1. The van der Waals surface area contributed by atoms with Crippen LogP contribution in [0.5, 0.6) is 5.75 Å². The third kappa shape index (κ3) is 9.37. The van der Waals surface area contributed by atoms with Gasteiger partial charge in [-0.25, -0.2) is 0 Å². The summed E-state index contributed by atoms with van der Waals surface area (Å²) in [7, 11) is 0. The van der Waals surface area contributed by atoms with Crippen molar-refractivity contribution in [1.29, 1.82) is 0 Å². The molecule has 1 aromatic rings. The number of carbonyl (C=O) groups excluding carboxylic acids is 5. The van der Waals surface area contributed by atoms with E-state index in [9.17, 15) is 29.1 Å². The van der Waals surface area contributed by atoms with Crippen LogP contribution in [-0.4, -0.2) is 71.9 Å². The summed E-state index contributed by atoms with van der Waals surface area (Å²) in [6.45, 7) is 4.99. The molecule has 5 amide bonds. The van der Waals surface area contributed by atoms with Gasteiger partial charge in [-0.05, 0) is 56.3 Å². The molecule has 204 valence electrons. The van der Waals surface area contributed by atoms with Crippen LogP contribution in [0.4, 0.5) is 0 Å². The monoisotopic (exact) mass is 518 g/mol. The Morgan fingerprint density at radius 2 is 1.49 bits per heavy atom. The molecule has 1 unspecified atom stereocenters. The lowest BCUT2D eigenvalue weighted by Crippen LogP contribution is -2.58. The number of amides is 5. The van der Waals surface area contributed by atoms with Crippen molar-refractivity contribution < 1.29 is 29.1 Å². The maximum absolute atomic E-state index is 13.3. The number of unbranched alkanes of at least 4 members (excludes halogenated alkanes) is 1. The Hall–Kier alpha value is -3.67. The lowest BCUT2D eigenvalue weighted by Gasteiger charge is -2.26. The molecule has 1 aliphatic rings. The number of rotatable bonds is 7. The van der Waals surface area contributed by atoms with Crippen LogP contribution in [0.25, 0.3) is 0 Å². The van der Waals surface area contributed by atoms with Gasteiger partial charge in [0, 0.05) is 6.42 Å². The van der Waals surface area contributed by atoms with Crippen molar-refractivity contribution in [2.75, 3.05) is 13.1 Å². The number of hydrogen-bond acceptors (Lipinski definition) is 7. The minimum Gasteiger partial charge on any atom is -0.508 e. The van der Waals surface area contributed by atoms with Gasteiger partial charge in [0.2, 0.25) is 29.5 Å². The summed E-state index contributed by atoms with van der Waals surface area (Å²) in [5.41, 5.74) is 6.25. The smallest absolute Gasteiger partial charge is 0.243 e. The van der Waals surface area contributed by atoms with Crippen molar-refractivity contribution >= 4 is 29.5 Å². The fraction of sp³-hybridized carbons (Fsp3) is 0.560. The molecule has 0 bridgehead atoms. The lowest BCUT2D eigenvalue weighted by molar-refractivity contribution is -0.134. The van der Waals surface area contributed by atoms with E-state index in [2.05, 4.69) is 26.6 Å². The van der Waals surface area contributed by atoms with Gasteiger partial charge in [0.1, 0.15) is 29.9 Å². The number of phenols is 1. The van der Waals surface area contributed by atoms with Crippen LogP contribution in [0.15, 0.2) is 24.3 Å². The Kier molecular flexibility index (Phi) is 11.3. The summed E-state index contributed by atoms with van der Waals surface area (Å²) in [6.07, 6.45) is 1.53. The largest absolute Gasteiger partial charge is 0.508 e. The molecule has 1 aliphatic heterocycles. The second-order valence-electron chi connectivity index (χ2n) is 9.51. The standard InChI is InChI=1S/C25H38N6O6/c1-14(2)21-25(37)29-18(6-4-5-11-26)23(35)30-19(12-16-7-9-17(32)10-8-16)24(36)28-15(3)22(34)27-13-20(33)31-21/h7-10,14-15,18-19,21,32H,4-6,11-13,26H2,1-3H3,(H,27,34)(H,28,36)(H,29,37)(H,30,35)(H,31,33)/t15-,18?,19-,21-/m0/s1. The molecule has 0 spiro atoms. The predicted octanol–water partition coefficient (Wildman–Crippen LogP) is -1.19. The second kappa shape index (κ2) is 14.2. The van der Waals surface area contributed by atoms with E-state index in [4.69, 9.17) is 5.73 Å². The zero-order valence-corrected chi connectivity index (χ0v) is 21.5. The molecule has 2 rings (SSSR count). The fourth-order valence-electron chi connectivity index (χ4n) is 3.83. The van der Waals surface area contributed by atoms with Crippen molar-refractivity contribution in [3.05, 3.63) is 29.8 Å². The van der Waals surface area contributed by atoms with Gasteiger partial charge in [-0.3, -0.25) is 24.0 Å². The molecule has 0 aromatic heterocycles. The van der Waals surface area contributed by atoms with Crippen LogP contribution in [-0.2, 0) is 30.4 Å². The summed E-state index contributed by atoms with van der Waals surface area (Å²) in [5.74, 6) is -3.17. The molecule has 37 heavy (non-hydrogen) atoms. The highest BCUT2D eigenvalue weighted by Gasteiger charge is 2.32. The highest BCUT2D eigenvalue weighted by atomic mass is 16.3. The minimum absolute atomic E-state index is 0.0511. The molecule has 1 fully saturated rings. The molecule has 4 atom stereocenters. The Morgan fingerprint density at radius 1 is 0.865 bits per heavy atom. The summed E-state index contributed by atoms with van der Waals surface area (Å²) in [4.78, 5) is 64.5. The topological polar surface area (TPSA) is 192 Å². The van der Waals surface area contributed by atoms with E-state index in [0.29, 0.717) is 24.9 Å². The first-order valence-electron chi connectivity index (χ1n) is 12.5. The molecule has 12 heteroatoms. The summed E-state index contributed by atoms with van der Waals surface area (Å²) >= 11 is 0. The quantitative estimate of drug-likeness (QED) is 0.221. The van der Waals surface area contributed by atoms with Crippen molar-refractivity contribution in [3.63, 3.8) is 0 Å². The molecule has 8 N–H and O–H groups in total. The number of carbonyl (C=O) groups is 5. The van der Waals surface area contributed by atoms with Gasteiger partial charge < -0.3 is 37.4 Å². The zero-order valence-electron chi connectivity index (χ0n) is 21.5. The third-order valence-electron chi connectivity index (χ3n) is 6.03. The molecule has 0 radical (unpaired) electrons. The SMILES string of the molecule is CC(C)[C@@H]1NC(=O)CNC(=O)[C@H](C)NC(=O)[C@H](Cc2ccc(O)cc2)NC(=O)C(CCCCN)NC1=O. The Bertz CT molecular complexity index is 967. The zero-order chi connectivity index (χ0) is 27.5. The number of nitrogens with two attached hydrogens (primary N) is 1. The van der Waals surface area contributed by atoms with Gasteiger partial charge in [0.25, 0.3) is 0 Å². The fourth-order valence-corrected chi connectivity index (χ4v) is 3.83. The van der Waals surface area contributed by atoms with E-state index >= 15 is 0 Å². The maximum Gasteiger partial charge on any atom is 0.243 e. The van der Waals surface area contributed by atoms with Gasteiger partial charge in [0.15, 0.2) is 0 Å². The molecule has 0 aliphatic carbocycles. The Labute approximate surface area is 216 Å². The first-order valence-corrected chi connectivity index (χ1v) is 12.5. The number of phenolic OH excluding ortho intramolecular Hbond substituents is 1. The summed E-state index contributed by atoms with van der Waals surface area (Å²) in [6, 6.07) is 2.17. The second-order valence-corrected chi connectivity index (χ2v) is 9.51. The number of nitrogens with one attached hydrogen (secondary N) is 5. The Morgan fingerprint density at radius 3 is 2.11 bits per heavy atom. The van der Waals surface area contributed by atoms with Crippen molar-refractivity contribution in [2.24, 2.45) is 11.7 Å². The summed E-state index contributed by atoms with van der Waals surface area (Å²) < 4.78 is 0. The van der Waals surface area contributed by atoms with Crippen LogP contribution in [0, 0.1) is 5.92 Å². The van der Waals surface area contributed by atoms with Crippen molar-refractivity contribution in [3.8, 4) is 5.75 Å². The van der Waals surface area contributed by atoms with Crippen molar-refractivity contribution in [1.82, 2.24) is 26.6 Å². The lowest BCUT2D eigenvalue weighted by atomic mass is 10.0. The van der Waals surface area contributed by atoms with Crippen LogP contribution >= 0.6 is 0 Å². The van der Waals surface area contributed by atoms with Crippen LogP contribution < -0.4 is 32.3 Å². The summed E-state index contributed by atoms with van der Waals surface area (Å²) in [5, 5.41) is 22.6. The number of aromatic hydroxyl groups is 1. The van der Waals surface area contributed by atoms with E-state index in [-0.39, 0.29) is 31.1 Å². The third-order valence-corrected chi connectivity index (χ3v) is 6.03. The van der Waals surface area contributed by atoms with E-state index in [1.54, 1.807) is 26.0 Å². The van der Waals surface area contributed by atoms with Crippen LogP contribution in [0.1, 0.15) is 45.6 Å². The van der Waals surface area contributed by atoms with Crippen LogP contribution in [0.2, 0.25) is 0 Å². The normalized spacial score (nSPS) is 24.2. The highest BCUT2D eigenvalue weighted by Crippen LogP contribution is 2.13.